The Kier molecular flexibility index (Phi) is 10.1. The second-order valence-corrected chi connectivity index (χ2v) is 13.2. The van der Waals surface area contributed by atoms with Crippen molar-refractivity contribution in [2.45, 2.75) is 135 Å². The summed E-state index contributed by atoms with van der Waals surface area (Å²) in [6, 6.07) is 0. The summed E-state index contributed by atoms with van der Waals surface area (Å²) < 4.78 is 0. The van der Waals surface area contributed by atoms with Crippen molar-refractivity contribution >= 4 is 0 Å². The molecule has 2 radical (unpaired) electrons. The average Bonchev–Trinajstić information content (AvgIpc) is 2.83. The van der Waals surface area contributed by atoms with Gasteiger partial charge in [-0.3, -0.25) is 0 Å². The third-order valence-electron chi connectivity index (χ3n) is 10.6. The molecular weight excluding hydrogens is 384 g/mol. The second kappa shape index (κ2) is 13.0. The van der Waals surface area contributed by atoms with Crippen molar-refractivity contribution in [1.82, 2.24) is 0 Å². The molecule has 4 rings (SSSR count). The van der Waals surface area contributed by atoms with E-state index in [2.05, 4.69) is 13.0 Å². The zero-order chi connectivity index (χ0) is 22.2. The van der Waals surface area contributed by atoms with E-state index in [1.807, 2.05) is 0 Å². The molecule has 4 aliphatic carbocycles. The maximum atomic E-state index is 5.53. The lowest BCUT2D eigenvalue weighted by Crippen LogP contribution is -2.24. The van der Waals surface area contributed by atoms with Gasteiger partial charge in [0.2, 0.25) is 0 Å². The molecule has 0 aromatic carbocycles. The van der Waals surface area contributed by atoms with Gasteiger partial charge in [-0.2, -0.15) is 0 Å². The Hall–Kier alpha value is -0.260. The monoisotopic (exact) mass is 438 g/mol. The van der Waals surface area contributed by atoms with E-state index in [4.69, 9.17) is 6.92 Å². The van der Waals surface area contributed by atoms with Crippen LogP contribution in [0, 0.1) is 54.3 Å². The predicted octanol–water partition coefficient (Wildman–Crippen LogP) is 10.1. The highest BCUT2D eigenvalue weighted by atomic mass is 14.4. The van der Waals surface area contributed by atoms with Crippen LogP contribution in [0.1, 0.15) is 135 Å². The molecule has 182 valence electrons. The minimum absolute atomic E-state index is 0.920. The van der Waals surface area contributed by atoms with Crippen molar-refractivity contribution < 1.29 is 0 Å². The van der Waals surface area contributed by atoms with E-state index in [9.17, 15) is 0 Å². The lowest BCUT2D eigenvalue weighted by molar-refractivity contribution is 0.153. The smallest absolute Gasteiger partial charge is 0.00958 e. The Bertz CT molecular complexity index is 514. The van der Waals surface area contributed by atoms with Crippen molar-refractivity contribution in [2.24, 2.45) is 47.3 Å². The first kappa shape index (κ1) is 24.9. The van der Waals surface area contributed by atoms with Gasteiger partial charge < -0.3 is 0 Å². The van der Waals surface area contributed by atoms with Crippen molar-refractivity contribution in [2.75, 3.05) is 0 Å². The van der Waals surface area contributed by atoms with E-state index in [-0.39, 0.29) is 0 Å². The molecule has 0 heteroatoms. The molecule has 0 aromatic heterocycles. The molecule has 4 fully saturated rings. The molecule has 0 saturated heterocycles. The van der Waals surface area contributed by atoms with E-state index in [0.717, 1.165) is 47.3 Å². The fourth-order valence-corrected chi connectivity index (χ4v) is 8.36. The Balaban J connectivity index is 1.06. The number of hydrogen-bond donors (Lipinski definition) is 0. The maximum absolute atomic E-state index is 5.53. The van der Waals surface area contributed by atoms with Gasteiger partial charge in [-0.05, 0) is 92.8 Å². The standard InChI is InChI=1S/C32H54/c1-3-4-5-26-10-12-28(13-11-26)23-30-18-20-32(21-19-30)24-31-16-14-29(15-17-31)22-27-8-6-25(2)7-9-27/h1,3-4,25-32H,5-24H2,2H3/b4-3+. The van der Waals surface area contributed by atoms with Crippen LogP contribution in [0.2, 0.25) is 0 Å². The Morgan fingerprint density at radius 3 is 1.06 bits per heavy atom. The van der Waals surface area contributed by atoms with Crippen LogP contribution in [0.5, 0.6) is 0 Å². The molecule has 0 nitrogen and oxygen atoms in total. The Labute approximate surface area is 201 Å². The molecule has 0 bridgehead atoms. The van der Waals surface area contributed by atoms with E-state index in [0.29, 0.717) is 0 Å². The van der Waals surface area contributed by atoms with E-state index < -0.39 is 0 Å². The highest BCUT2D eigenvalue weighted by Crippen LogP contribution is 2.43. The van der Waals surface area contributed by atoms with Gasteiger partial charge in [0.15, 0.2) is 0 Å². The molecule has 4 aliphatic rings. The SMILES string of the molecule is [CH]/C=C/CC1CCC(CC2CCC(CC3CCC(CC4CCC(C)CC4)CC3)CC2)CC1. The summed E-state index contributed by atoms with van der Waals surface area (Å²) in [6.07, 6.45) is 34.3. The highest BCUT2D eigenvalue weighted by molar-refractivity contribution is 4.88. The summed E-state index contributed by atoms with van der Waals surface area (Å²) in [5.74, 6) is 8.36. The summed E-state index contributed by atoms with van der Waals surface area (Å²) >= 11 is 0. The largest absolute Gasteiger partial charge is 0.0879 e. The van der Waals surface area contributed by atoms with Crippen molar-refractivity contribution in [3.05, 3.63) is 19.1 Å². The molecule has 0 amide bonds. The van der Waals surface area contributed by atoms with Crippen molar-refractivity contribution in [3.8, 4) is 0 Å². The number of rotatable bonds is 8. The van der Waals surface area contributed by atoms with Crippen LogP contribution >= 0.6 is 0 Å². The van der Waals surface area contributed by atoms with Crippen LogP contribution in [-0.4, -0.2) is 0 Å². The molecule has 0 aromatic rings. The molecule has 4 saturated carbocycles. The fourth-order valence-electron chi connectivity index (χ4n) is 8.36. The minimum Gasteiger partial charge on any atom is -0.0879 e. The van der Waals surface area contributed by atoms with Crippen molar-refractivity contribution in [1.29, 1.82) is 0 Å². The van der Waals surface area contributed by atoms with Crippen LogP contribution in [0.15, 0.2) is 12.2 Å². The molecule has 0 atom stereocenters. The summed E-state index contributed by atoms with van der Waals surface area (Å²) in [6.45, 7) is 7.99. The summed E-state index contributed by atoms with van der Waals surface area (Å²) in [5, 5.41) is 0. The van der Waals surface area contributed by atoms with Gasteiger partial charge in [0.1, 0.15) is 0 Å². The van der Waals surface area contributed by atoms with Crippen molar-refractivity contribution in [3.63, 3.8) is 0 Å². The predicted molar refractivity (Wildman–Crippen MR) is 139 cm³/mol. The molecule has 0 N–H and O–H groups in total. The van der Waals surface area contributed by atoms with Gasteiger partial charge in [-0.15, -0.1) is 0 Å². The summed E-state index contributed by atoms with van der Waals surface area (Å²) in [5.41, 5.74) is 0. The van der Waals surface area contributed by atoms with E-state index in [1.165, 1.54) is 57.8 Å². The molecule has 0 unspecified atom stereocenters. The lowest BCUT2D eigenvalue weighted by atomic mass is 9.69. The average molecular weight is 439 g/mol. The number of allylic oxidation sites excluding steroid dienone is 2. The van der Waals surface area contributed by atoms with Gasteiger partial charge in [-0.25, -0.2) is 0 Å². The van der Waals surface area contributed by atoms with Crippen LogP contribution in [0.3, 0.4) is 0 Å². The quantitative estimate of drug-likeness (QED) is 0.353. The topological polar surface area (TPSA) is 0 Å². The van der Waals surface area contributed by atoms with Gasteiger partial charge in [-0.1, -0.05) is 109 Å². The zero-order valence-corrected chi connectivity index (χ0v) is 21.5. The molecule has 0 spiro atoms. The Morgan fingerprint density at radius 2 is 0.750 bits per heavy atom. The van der Waals surface area contributed by atoms with Gasteiger partial charge >= 0.3 is 0 Å². The van der Waals surface area contributed by atoms with Gasteiger partial charge in [0.25, 0.3) is 0 Å². The third kappa shape index (κ3) is 7.91. The molecule has 0 heterocycles. The van der Waals surface area contributed by atoms with Crippen LogP contribution < -0.4 is 0 Å². The lowest BCUT2D eigenvalue weighted by Gasteiger charge is -2.37. The fraction of sp³-hybridized carbons (Fsp3) is 0.906. The van der Waals surface area contributed by atoms with Crippen LogP contribution in [0.4, 0.5) is 0 Å². The first-order valence-electron chi connectivity index (χ1n) is 15.0. The van der Waals surface area contributed by atoms with Gasteiger partial charge in [0, 0.05) is 0 Å². The maximum Gasteiger partial charge on any atom is -0.00958 e. The third-order valence-corrected chi connectivity index (χ3v) is 10.6. The number of hydrogen-bond acceptors (Lipinski definition) is 0. The molecule has 0 aliphatic heterocycles. The first-order chi connectivity index (χ1) is 15.7. The van der Waals surface area contributed by atoms with Gasteiger partial charge in [0.05, 0.1) is 0 Å². The first-order valence-corrected chi connectivity index (χ1v) is 15.0. The van der Waals surface area contributed by atoms with E-state index in [1.54, 1.807) is 76.7 Å². The minimum atomic E-state index is 0.920. The van der Waals surface area contributed by atoms with E-state index >= 15 is 0 Å². The van der Waals surface area contributed by atoms with Crippen LogP contribution in [0.25, 0.3) is 0 Å². The normalized spacial score (nSPS) is 41.7. The molecule has 32 heavy (non-hydrogen) atoms. The molecular formula is C32H54. The summed E-state index contributed by atoms with van der Waals surface area (Å²) in [7, 11) is 0. The second-order valence-electron chi connectivity index (χ2n) is 13.2. The zero-order valence-electron chi connectivity index (χ0n) is 21.5. The summed E-state index contributed by atoms with van der Waals surface area (Å²) in [4.78, 5) is 0. The highest BCUT2D eigenvalue weighted by Gasteiger charge is 2.30. The van der Waals surface area contributed by atoms with Crippen LogP contribution in [-0.2, 0) is 0 Å². The Morgan fingerprint density at radius 1 is 0.469 bits per heavy atom.